The third kappa shape index (κ3) is 47.4. The average molecular weight is 840 g/mol. The van der Waals surface area contributed by atoms with Gasteiger partial charge >= 0.3 is 0 Å². The first kappa shape index (κ1) is 58.4. The van der Waals surface area contributed by atoms with Gasteiger partial charge < -0.3 is 15.5 Å². The standard InChI is InChI=1S/C56H105NO3/c1-3-5-7-9-11-13-15-17-19-21-23-25-26-27-28-29-30-31-32-34-36-38-40-42-44-46-48-50-52-56(60)57-54(53-58)55(59)51-49-47-45-43-41-39-37-35-33-24-22-20-18-16-14-12-10-8-6-4-2/h27-28,33,35,41,43,49,51,54-55,58-59H,3-26,29-32,34,36-40,42,44-48,50,52-53H2,1-2H3,(H,57,60)/b28-27-,35-33+,43-41+,51-49+. The minimum atomic E-state index is -0.871. The van der Waals surface area contributed by atoms with Crippen LogP contribution in [0.4, 0.5) is 0 Å². The number of allylic oxidation sites excluding steroid dienone is 7. The molecule has 0 aliphatic carbocycles. The van der Waals surface area contributed by atoms with Gasteiger partial charge in [-0.3, -0.25) is 4.79 Å². The summed E-state index contributed by atoms with van der Waals surface area (Å²) in [5.74, 6) is -0.0761. The van der Waals surface area contributed by atoms with Crippen LogP contribution in [0.3, 0.4) is 0 Å². The zero-order valence-electron chi connectivity index (χ0n) is 40.5. The predicted molar refractivity (Wildman–Crippen MR) is 267 cm³/mol. The third-order valence-corrected chi connectivity index (χ3v) is 12.3. The lowest BCUT2D eigenvalue weighted by Gasteiger charge is -2.19. The summed E-state index contributed by atoms with van der Waals surface area (Å²) in [6, 6.07) is -0.646. The summed E-state index contributed by atoms with van der Waals surface area (Å²) in [6.45, 7) is 4.31. The molecule has 0 aliphatic heterocycles. The molecule has 0 saturated carbocycles. The smallest absolute Gasteiger partial charge is 0.220 e. The zero-order chi connectivity index (χ0) is 43.5. The van der Waals surface area contributed by atoms with Crippen LogP contribution in [0, 0.1) is 0 Å². The van der Waals surface area contributed by atoms with Crippen LogP contribution in [0.2, 0.25) is 0 Å². The van der Waals surface area contributed by atoms with Gasteiger partial charge in [0.1, 0.15) is 0 Å². The van der Waals surface area contributed by atoms with Crippen molar-refractivity contribution >= 4 is 5.91 Å². The highest BCUT2D eigenvalue weighted by atomic mass is 16.3. The van der Waals surface area contributed by atoms with E-state index in [2.05, 4.69) is 55.6 Å². The van der Waals surface area contributed by atoms with Crippen LogP contribution >= 0.6 is 0 Å². The Hall–Kier alpha value is -1.65. The van der Waals surface area contributed by atoms with Crippen LogP contribution in [0.5, 0.6) is 0 Å². The molecule has 4 heteroatoms. The number of aliphatic hydroxyl groups is 2. The Morgan fingerprint density at radius 3 is 0.967 bits per heavy atom. The first-order chi connectivity index (χ1) is 29.7. The van der Waals surface area contributed by atoms with Crippen molar-refractivity contribution in [2.24, 2.45) is 0 Å². The summed E-state index contributed by atoms with van der Waals surface area (Å²) in [7, 11) is 0. The molecule has 352 valence electrons. The largest absolute Gasteiger partial charge is 0.394 e. The molecule has 0 saturated heterocycles. The summed E-state index contributed by atoms with van der Waals surface area (Å²) < 4.78 is 0. The number of rotatable bonds is 49. The van der Waals surface area contributed by atoms with Crippen molar-refractivity contribution in [1.29, 1.82) is 0 Å². The van der Waals surface area contributed by atoms with Crippen LogP contribution in [-0.2, 0) is 4.79 Å². The van der Waals surface area contributed by atoms with Crippen molar-refractivity contribution in [2.75, 3.05) is 6.61 Å². The molecule has 4 nitrogen and oxygen atoms in total. The normalized spacial score (nSPS) is 13.2. The van der Waals surface area contributed by atoms with E-state index in [1.54, 1.807) is 6.08 Å². The minimum Gasteiger partial charge on any atom is -0.394 e. The SMILES string of the molecule is CCCCCCCCCCCC/C=C/CC/C=C/CC/C=C/C(O)C(CO)NC(=O)CCCCCCCCCCCCCC/C=C\CCCCCCCCCCCCCC. The van der Waals surface area contributed by atoms with Gasteiger partial charge in [0.05, 0.1) is 18.8 Å². The molecule has 0 fully saturated rings. The Morgan fingerprint density at radius 2 is 0.650 bits per heavy atom. The Bertz CT molecular complexity index is 954. The molecule has 3 N–H and O–H groups in total. The van der Waals surface area contributed by atoms with Gasteiger partial charge in [0.15, 0.2) is 0 Å². The molecule has 0 aromatic rings. The second-order valence-corrected chi connectivity index (χ2v) is 18.3. The van der Waals surface area contributed by atoms with Gasteiger partial charge in [-0.2, -0.15) is 0 Å². The fourth-order valence-corrected chi connectivity index (χ4v) is 8.15. The summed E-state index contributed by atoms with van der Waals surface area (Å²) in [6.07, 6.45) is 71.2. The fourth-order valence-electron chi connectivity index (χ4n) is 8.15. The van der Waals surface area contributed by atoms with E-state index in [0.717, 1.165) is 38.5 Å². The van der Waals surface area contributed by atoms with Gasteiger partial charge in [-0.15, -0.1) is 0 Å². The predicted octanol–water partition coefficient (Wildman–Crippen LogP) is 17.5. The fraction of sp³-hybridized carbons (Fsp3) is 0.839. The Balaban J connectivity index is 3.54. The minimum absolute atomic E-state index is 0.0761. The molecule has 2 atom stereocenters. The highest BCUT2D eigenvalue weighted by molar-refractivity contribution is 5.76. The first-order valence-corrected chi connectivity index (χ1v) is 26.9. The number of unbranched alkanes of at least 4 members (excludes halogenated alkanes) is 36. The molecule has 60 heavy (non-hydrogen) atoms. The summed E-state index contributed by atoms with van der Waals surface area (Å²) in [5.41, 5.74) is 0. The maximum Gasteiger partial charge on any atom is 0.220 e. The number of aliphatic hydroxyl groups excluding tert-OH is 2. The Kier molecular flexibility index (Phi) is 50.3. The number of amides is 1. The van der Waals surface area contributed by atoms with E-state index in [1.165, 1.54) is 225 Å². The molecule has 0 aromatic heterocycles. The molecule has 0 spiro atoms. The molecular formula is C56H105NO3. The Labute approximate surface area is 375 Å². The number of carbonyl (C=O) groups excluding carboxylic acids is 1. The molecular weight excluding hydrogens is 735 g/mol. The lowest BCUT2D eigenvalue weighted by atomic mass is 10.0. The molecule has 1 amide bonds. The van der Waals surface area contributed by atoms with Gasteiger partial charge in [-0.1, -0.05) is 255 Å². The van der Waals surface area contributed by atoms with Crippen LogP contribution in [0.1, 0.15) is 284 Å². The van der Waals surface area contributed by atoms with Gasteiger partial charge in [-0.25, -0.2) is 0 Å². The lowest BCUT2D eigenvalue weighted by Crippen LogP contribution is -2.45. The molecule has 0 rings (SSSR count). The molecule has 0 bridgehead atoms. The zero-order valence-corrected chi connectivity index (χ0v) is 40.5. The molecule has 2 unspecified atom stereocenters. The molecule has 0 aromatic carbocycles. The number of carbonyl (C=O) groups is 1. The molecule has 0 aliphatic rings. The molecule has 0 radical (unpaired) electrons. The maximum absolute atomic E-state index is 12.4. The first-order valence-electron chi connectivity index (χ1n) is 26.9. The van der Waals surface area contributed by atoms with E-state index >= 15 is 0 Å². The summed E-state index contributed by atoms with van der Waals surface area (Å²) in [5, 5.41) is 23.1. The summed E-state index contributed by atoms with van der Waals surface area (Å²) in [4.78, 5) is 12.4. The van der Waals surface area contributed by atoms with Gasteiger partial charge in [0.2, 0.25) is 5.91 Å². The monoisotopic (exact) mass is 840 g/mol. The number of nitrogens with one attached hydrogen (secondary N) is 1. The van der Waals surface area contributed by atoms with Crippen molar-refractivity contribution < 1.29 is 15.0 Å². The number of hydrogen-bond donors (Lipinski definition) is 3. The van der Waals surface area contributed by atoms with Crippen molar-refractivity contribution in [2.45, 2.75) is 296 Å². The van der Waals surface area contributed by atoms with E-state index in [9.17, 15) is 15.0 Å². The van der Waals surface area contributed by atoms with Crippen LogP contribution in [0.15, 0.2) is 48.6 Å². The summed E-state index contributed by atoms with van der Waals surface area (Å²) >= 11 is 0. The quantitative estimate of drug-likeness (QED) is 0.0422. The van der Waals surface area contributed by atoms with Gasteiger partial charge in [-0.05, 0) is 70.6 Å². The highest BCUT2D eigenvalue weighted by Crippen LogP contribution is 2.16. The van der Waals surface area contributed by atoms with E-state index in [-0.39, 0.29) is 12.5 Å². The lowest BCUT2D eigenvalue weighted by molar-refractivity contribution is -0.123. The average Bonchev–Trinajstić information content (AvgIpc) is 3.25. The van der Waals surface area contributed by atoms with E-state index in [4.69, 9.17) is 0 Å². The second-order valence-electron chi connectivity index (χ2n) is 18.3. The van der Waals surface area contributed by atoms with E-state index in [1.807, 2.05) is 6.08 Å². The topological polar surface area (TPSA) is 69.6 Å². The van der Waals surface area contributed by atoms with Gasteiger partial charge in [0, 0.05) is 6.42 Å². The van der Waals surface area contributed by atoms with E-state index < -0.39 is 12.1 Å². The maximum atomic E-state index is 12.4. The second kappa shape index (κ2) is 51.7. The van der Waals surface area contributed by atoms with Crippen molar-refractivity contribution in [3.05, 3.63) is 48.6 Å². The van der Waals surface area contributed by atoms with Crippen LogP contribution < -0.4 is 5.32 Å². The van der Waals surface area contributed by atoms with Crippen LogP contribution in [-0.4, -0.2) is 34.9 Å². The Morgan fingerprint density at radius 1 is 0.383 bits per heavy atom. The molecule has 0 heterocycles. The van der Waals surface area contributed by atoms with Crippen molar-refractivity contribution in [3.63, 3.8) is 0 Å². The van der Waals surface area contributed by atoms with Crippen LogP contribution in [0.25, 0.3) is 0 Å². The van der Waals surface area contributed by atoms with E-state index in [0.29, 0.717) is 6.42 Å². The third-order valence-electron chi connectivity index (χ3n) is 12.3. The van der Waals surface area contributed by atoms with Gasteiger partial charge in [0.25, 0.3) is 0 Å². The van der Waals surface area contributed by atoms with Crippen molar-refractivity contribution in [3.8, 4) is 0 Å². The number of hydrogen-bond acceptors (Lipinski definition) is 3. The van der Waals surface area contributed by atoms with Crippen molar-refractivity contribution in [1.82, 2.24) is 5.32 Å². The highest BCUT2D eigenvalue weighted by Gasteiger charge is 2.17.